The van der Waals surface area contributed by atoms with Crippen molar-refractivity contribution in [2.24, 2.45) is 7.05 Å². The molecule has 94 valence electrons. The van der Waals surface area contributed by atoms with E-state index in [0.717, 1.165) is 25.0 Å². The van der Waals surface area contributed by atoms with Crippen LogP contribution in [0.2, 0.25) is 0 Å². The first-order valence-corrected chi connectivity index (χ1v) is 5.83. The van der Waals surface area contributed by atoms with Gasteiger partial charge in [0, 0.05) is 26.4 Å². The summed E-state index contributed by atoms with van der Waals surface area (Å²) in [5.74, 6) is 0. The fraction of sp³-hybridized carbons (Fsp3) is 0.636. The molecule has 1 atom stereocenters. The third-order valence-electron chi connectivity index (χ3n) is 2.72. The highest BCUT2D eigenvalue weighted by molar-refractivity contribution is 5.74. The van der Waals surface area contributed by atoms with Gasteiger partial charge in [-0.15, -0.1) is 0 Å². The molecule has 1 aliphatic rings. The summed E-state index contributed by atoms with van der Waals surface area (Å²) < 4.78 is 6.94. The van der Waals surface area contributed by atoms with Gasteiger partial charge in [-0.3, -0.25) is 4.68 Å². The molecule has 6 nitrogen and oxygen atoms in total. The highest BCUT2D eigenvalue weighted by Crippen LogP contribution is 2.02. The number of nitrogens with one attached hydrogen (secondary N) is 2. The Morgan fingerprint density at radius 1 is 1.71 bits per heavy atom. The van der Waals surface area contributed by atoms with Crippen molar-refractivity contribution in [2.75, 3.05) is 19.8 Å². The fourth-order valence-electron chi connectivity index (χ4n) is 1.81. The first kappa shape index (κ1) is 11.9. The molecule has 0 aliphatic carbocycles. The normalized spacial score (nSPS) is 19.2. The van der Waals surface area contributed by atoms with Gasteiger partial charge in [0.1, 0.15) is 0 Å². The van der Waals surface area contributed by atoms with Crippen LogP contribution in [0.3, 0.4) is 0 Å². The largest absolute Gasteiger partial charge is 0.379 e. The number of nitrogens with zero attached hydrogens (tertiary/aromatic N) is 2. The van der Waals surface area contributed by atoms with Crippen LogP contribution < -0.4 is 10.6 Å². The minimum Gasteiger partial charge on any atom is -0.379 e. The molecule has 0 bridgehead atoms. The standard InChI is InChI=1S/C11H18N4O2/c1-15-7-9(6-13-15)2-4-12-11(16)14-10-3-5-17-8-10/h6-7,10H,2-5,8H2,1H3,(H2,12,14,16). The molecular formula is C11H18N4O2. The first-order valence-electron chi connectivity index (χ1n) is 5.83. The first-order chi connectivity index (χ1) is 8.24. The number of hydrogen-bond acceptors (Lipinski definition) is 3. The maximum absolute atomic E-state index is 11.5. The Kier molecular flexibility index (Phi) is 3.98. The van der Waals surface area contributed by atoms with E-state index in [9.17, 15) is 4.79 Å². The molecule has 0 radical (unpaired) electrons. The zero-order valence-electron chi connectivity index (χ0n) is 9.98. The Morgan fingerprint density at radius 2 is 2.59 bits per heavy atom. The van der Waals surface area contributed by atoms with Crippen LogP contribution in [-0.4, -0.2) is 41.6 Å². The molecule has 0 spiro atoms. The molecule has 1 aliphatic heterocycles. The van der Waals surface area contributed by atoms with Gasteiger partial charge in [-0.05, 0) is 18.4 Å². The summed E-state index contributed by atoms with van der Waals surface area (Å²) in [6.07, 6.45) is 5.45. The highest BCUT2D eigenvalue weighted by Gasteiger charge is 2.17. The van der Waals surface area contributed by atoms with Crippen molar-refractivity contribution < 1.29 is 9.53 Å². The third kappa shape index (κ3) is 3.74. The molecule has 6 heteroatoms. The molecule has 1 aromatic rings. The SMILES string of the molecule is Cn1cc(CCNC(=O)NC2CCOC2)cn1. The van der Waals surface area contributed by atoms with Gasteiger partial charge >= 0.3 is 6.03 Å². The minimum atomic E-state index is -0.121. The van der Waals surface area contributed by atoms with E-state index in [1.54, 1.807) is 4.68 Å². The van der Waals surface area contributed by atoms with Gasteiger partial charge < -0.3 is 15.4 Å². The molecular weight excluding hydrogens is 220 g/mol. The average molecular weight is 238 g/mol. The molecule has 1 aromatic heterocycles. The summed E-state index contributed by atoms with van der Waals surface area (Å²) in [6.45, 7) is 1.97. The maximum atomic E-state index is 11.5. The van der Waals surface area contributed by atoms with Crippen molar-refractivity contribution in [3.05, 3.63) is 18.0 Å². The second-order valence-corrected chi connectivity index (χ2v) is 4.23. The van der Waals surface area contributed by atoms with Crippen LogP contribution in [0.25, 0.3) is 0 Å². The van der Waals surface area contributed by atoms with E-state index in [1.165, 1.54) is 0 Å². The van der Waals surface area contributed by atoms with Crippen LogP contribution in [0.5, 0.6) is 0 Å². The van der Waals surface area contributed by atoms with Crippen LogP contribution in [0.15, 0.2) is 12.4 Å². The number of rotatable bonds is 4. The van der Waals surface area contributed by atoms with Crippen molar-refractivity contribution in [1.29, 1.82) is 0 Å². The van der Waals surface area contributed by atoms with Gasteiger partial charge in [0.15, 0.2) is 0 Å². The predicted octanol–water partition coefficient (Wildman–Crippen LogP) is 0.0507. The molecule has 2 amide bonds. The minimum absolute atomic E-state index is 0.121. The van der Waals surface area contributed by atoms with Gasteiger partial charge in [0.2, 0.25) is 0 Å². The zero-order valence-corrected chi connectivity index (χ0v) is 9.98. The topological polar surface area (TPSA) is 68.2 Å². The predicted molar refractivity (Wildman–Crippen MR) is 62.7 cm³/mol. The maximum Gasteiger partial charge on any atom is 0.315 e. The van der Waals surface area contributed by atoms with Gasteiger partial charge in [0.05, 0.1) is 18.8 Å². The van der Waals surface area contributed by atoms with E-state index in [4.69, 9.17) is 4.74 Å². The lowest BCUT2D eigenvalue weighted by molar-refractivity contribution is 0.188. The fourth-order valence-corrected chi connectivity index (χ4v) is 1.81. The summed E-state index contributed by atoms with van der Waals surface area (Å²) in [7, 11) is 1.88. The van der Waals surface area contributed by atoms with Crippen LogP contribution in [0.1, 0.15) is 12.0 Å². The van der Waals surface area contributed by atoms with Crippen molar-refractivity contribution in [3.8, 4) is 0 Å². The summed E-state index contributed by atoms with van der Waals surface area (Å²) >= 11 is 0. The quantitative estimate of drug-likeness (QED) is 0.779. The molecule has 1 fully saturated rings. The van der Waals surface area contributed by atoms with Gasteiger partial charge in [0.25, 0.3) is 0 Å². The number of amides is 2. The Morgan fingerprint density at radius 3 is 3.24 bits per heavy atom. The second kappa shape index (κ2) is 5.67. The molecule has 2 heterocycles. The van der Waals surface area contributed by atoms with E-state index in [2.05, 4.69) is 15.7 Å². The van der Waals surface area contributed by atoms with E-state index in [-0.39, 0.29) is 12.1 Å². The Balaban J connectivity index is 1.62. The van der Waals surface area contributed by atoms with Crippen molar-refractivity contribution >= 4 is 6.03 Å². The van der Waals surface area contributed by atoms with E-state index in [1.807, 2.05) is 19.4 Å². The van der Waals surface area contributed by atoms with E-state index in [0.29, 0.717) is 13.2 Å². The van der Waals surface area contributed by atoms with Gasteiger partial charge in [-0.1, -0.05) is 0 Å². The zero-order chi connectivity index (χ0) is 12.1. The second-order valence-electron chi connectivity index (χ2n) is 4.23. The van der Waals surface area contributed by atoms with E-state index >= 15 is 0 Å². The summed E-state index contributed by atoms with van der Waals surface area (Å²) in [4.78, 5) is 11.5. The van der Waals surface area contributed by atoms with Crippen molar-refractivity contribution in [3.63, 3.8) is 0 Å². The number of urea groups is 1. The average Bonchev–Trinajstić information content (AvgIpc) is 2.90. The summed E-state index contributed by atoms with van der Waals surface area (Å²) in [6, 6.07) is 0.0396. The molecule has 17 heavy (non-hydrogen) atoms. The van der Waals surface area contributed by atoms with Crippen LogP contribution in [-0.2, 0) is 18.2 Å². The lowest BCUT2D eigenvalue weighted by Crippen LogP contribution is -2.42. The van der Waals surface area contributed by atoms with Crippen molar-refractivity contribution in [1.82, 2.24) is 20.4 Å². The lowest BCUT2D eigenvalue weighted by atomic mass is 10.2. The number of carbonyl (C=O) groups excluding carboxylic acids is 1. The number of hydrogen-bond donors (Lipinski definition) is 2. The molecule has 1 saturated heterocycles. The summed E-state index contributed by atoms with van der Waals surface area (Å²) in [5.41, 5.74) is 1.12. The summed E-state index contributed by atoms with van der Waals surface area (Å²) in [5, 5.41) is 9.77. The van der Waals surface area contributed by atoms with Crippen LogP contribution in [0.4, 0.5) is 4.79 Å². The Bertz CT molecular complexity index is 371. The van der Waals surface area contributed by atoms with Gasteiger partial charge in [-0.25, -0.2) is 4.79 Å². The number of aromatic nitrogens is 2. The molecule has 2 N–H and O–H groups in total. The van der Waals surface area contributed by atoms with Crippen molar-refractivity contribution in [2.45, 2.75) is 18.9 Å². The molecule has 2 rings (SSSR count). The number of ether oxygens (including phenoxy) is 1. The Labute approximate surface area is 100 Å². The monoisotopic (exact) mass is 238 g/mol. The smallest absolute Gasteiger partial charge is 0.315 e. The molecule has 0 saturated carbocycles. The van der Waals surface area contributed by atoms with Crippen LogP contribution >= 0.6 is 0 Å². The van der Waals surface area contributed by atoms with Gasteiger partial charge in [-0.2, -0.15) is 5.10 Å². The third-order valence-corrected chi connectivity index (χ3v) is 2.72. The highest BCUT2D eigenvalue weighted by atomic mass is 16.5. The molecule has 1 unspecified atom stereocenters. The number of aryl methyl sites for hydroxylation is 1. The van der Waals surface area contributed by atoms with E-state index < -0.39 is 0 Å². The Hall–Kier alpha value is -1.56. The molecule has 0 aromatic carbocycles. The van der Waals surface area contributed by atoms with Crippen LogP contribution in [0, 0.1) is 0 Å². The lowest BCUT2D eigenvalue weighted by Gasteiger charge is -2.11. The number of carbonyl (C=O) groups is 1.